The van der Waals surface area contributed by atoms with E-state index in [-0.39, 0.29) is 58.8 Å². The van der Waals surface area contributed by atoms with E-state index in [2.05, 4.69) is 20.6 Å². The van der Waals surface area contributed by atoms with Gasteiger partial charge >= 0.3 is 0 Å². The minimum Gasteiger partial charge on any atom is -0.507 e. The molecule has 0 saturated carbocycles. The highest BCUT2D eigenvalue weighted by atomic mass is 16.5. The van der Waals surface area contributed by atoms with E-state index in [0.717, 1.165) is 0 Å². The van der Waals surface area contributed by atoms with E-state index in [0.29, 0.717) is 30.0 Å². The highest BCUT2D eigenvalue weighted by Crippen LogP contribution is 2.26. The number of hydrogen-bond donors (Lipinski definition) is 4. The average Bonchev–Trinajstić information content (AvgIpc) is 3.30. The number of methoxy groups -OCH3 is 1. The van der Waals surface area contributed by atoms with E-state index < -0.39 is 0 Å². The maximum Gasteiger partial charge on any atom is 0.270 e. The quantitative estimate of drug-likeness (QED) is 0.355. The molecule has 1 aromatic heterocycles. The van der Waals surface area contributed by atoms with Gasteiger partial charge in [-0.1, -0.05) is 24.3 Å². The number of amides is 1. The number of rotatable bonds is 8. The Hall–Kier alpha value is -4.31. The van der Waals surface area contributed by atoms with Crippen LogP contribution in [0.2, 0.25) is 0 Å². The maximum absolute atomic E-state index is 12.9. The molecule has 1 aliphatic heterocycles. The minimum absolute atomic E-state index is 0.0115. The number of anilines is 1. The number of ketones is 2. The van der Waals surface area contributed by atoms with E-state index in [4.69, 9.17) is 10.5 Å². The summed E-state index contributed by atoms with van der Waals surface area (Å²) in [4.78, 5) is 45.9. The van der Waals surface area contributed by atoms with Crippen LogP contribution in [0.5, 0.6) is 11.5 Å². The normalized spacial score (nSPS) is 17.1. The summed E-state index contributed by atoms with van der Waals surface area (Å²) >= 11 is 0. The van der Waals surface area contributed by atoms with Gasteiger partial charge in [-0.2, -0.15) is 0 Å². The van der Waals surface area contributed by atoms with Gasteiger partial charge < -0.3 is 26.2 Å². The Morgan fingerprint density at radius 2 is 1.86 bits per heavy atom. The zero-order chi connectivity index (χ0) is 24.9. The zero-order valence-corrected chi connectivity index (χ0v) is 19.0. The number of nitrogen functional groups attached to an aromatic ring is 1. The second-order valence-electron chi connectivity index (χ2n) is 8.22. The van der Waals surface area contributed by atoms with Crippen LogP contribution >= 0.6 is 0 Å². The van der Waals surface area contributed by atoms with Gasteiger partial charge in [-0.25, -0.2) is 9.97 Å². The summed E-state index contributed by atoms with van der Waals surface area (Å²) in [6.45, 7) is 1.11. The summed E-state index contributed by atoms with van der Waals surface area (Å²) in [7, 11) is 1.48. The topological polar surface area (TPSA) is 157 Å². The molecular formula is C25H25N5O5. The highest BCUT2D eigenvalue weighted by molar-refractivity contribution is 6.11. The first-order chi connectivity index (χ1) is 16.9. The van der Waals surface area contributed by atoms with Crippen LogP contribution in [0.1, 0.15) is 43.2 Å². The lowest BCUT2D eigenvalue weighted by Crippen LogP contribution is -2.41. The summed E-state index contributed by atoms with van der Waals surface area (Å²) < 4.78 is 5.12. The van der Waals surface area contributed by atoms with Crippen molar-refractivity contribution in [3.05, 3.63) is 77.1 Å². The van der Waals surface area contributed by atoms with Gasteiger partial charge in [0.2, 0.25) is 5.95 Å². The Labute approximate surface area is 201 Å². The largest absolute Gasteiger partial charge is 0.507 e. The maximum atomic E-state index is 12.9. The third-order valence-corrected chi connectivity index (χ3v) is 5.93. The average molecular weight is 476 g/mol. The van der Waals surface area contributed by atoms with Crippen molar-refractivity contribution in [2.45, 2.75) is 12.5 Å². The summed E-state index contributed by atoms with van der Waals surface area (Å²) in [5, 5.41) is 16.2. The van der Waals surface area contributed by atoms with Crippen molar-refractivity contribution >= 4 is 23.4 Å². The summed E-state index contributed by atoms with van der Waals surface area (Å²) in [6, 6.07) is 11.9. The summed E-state index contributed by atoms with van der Waals surface area (Å²) in [6.07, 6.45) is 1.63. The number of benzene rings is 2. The van der Waals surface area contributed by atoms with Crippen molar-refractivity contribution in [1.29, 1.82) is 0 Å². The molecule has 2 atom stereocenters. The molecular weight excluding hydrogens is 450 g/mol. The Balaban J connectivity index is 1.40. The first kappa shape index (κ1) is 23.8. The molecule has 4 rings (SSSR count). The fourth-order valence-corrected chi connectivity index (χ4v) is 4.00. The van der Waals surface area contributed by atoms with Crippen LogP contribution in [0.15, 0.2) is 54.7 Å². The third kappa shape index (κ3) is 5.44. The van der Waals surface area contributed by atoms with Crippen LogP contribution in [0, 0.1) is 5.92 Å². The number of aromatic hydroxyl groups is 1. The molecule has 35 heavy (non-hydrogen) atoms. The first-order valence-electron chi connectivity index (χ1n) is 11.0. The monoisotopic (exact) mass is 475 g/mol. The summed E-state index contributed by atoms with van der Waals surface area (Å²) in [5.41, 5.74) is 6.62. The number of hydrogen-bond acceptors (Lipinski definition) is 9. The van der Waals surface area contributed by atoms with E-state index in [9.17, 15) is 19.5 Å². The van der Waals surface area contributed by atoms with Gasteiger partial charge in [0.05, 0.1) is 12.7 Å². The van der Waals surface area contributed by atoms with Gasteiger partial charge in [0.1, 0.15) is 17.2 Å². The molecule has 5 N–H and O–H groups in total. The molecule has 180 valence electrons. The zero-order valence-electron chi connectivity index (χ0n) is 19.0. The Kier molecular flexibility index (Phi) is 7.02. The van der Waals surface area contributed by atoms with Crippen LogP contribution in [-0.4, -0.2) is 58.8 Å². The predicted molar refractivity (Wildman–Crippen MR) is 128 cm³/mol. The number of ether oxygens (including phenoxy) is 1. The van der Waals surface area contributed by atoms with Crippen molar-refractivity contribution in [1.82, 2.24) is 20.6 Å². The number of nitrogens with two attached hydrogens (primary N) is 1. The molecule has 0 unspecified atom stereocenters. The number of aromatic nitrogens is 2. The molecule has 0 spiro atoms. The molecule has 1 fully saturated rings. The van der Waals surface area contributed by atoms with E-state index >= 15 is 0 Å². The molecule has 0 radical (unpaired) electrons. The lowest BCUT2D eigenvalue weighted by Gasteiger charge is -2.19. The molecule has 1 saturated heterocycles. The Morgan fingerprint density at radius 1 is 1.11 bits per heavy atom. The Bertz CT molecular complexity index is 1260. The van der Waals surface area contributed by atoms with Gasteiger partial charge in [-0.05, 0) is 24.3 Å². The number of carbonyl (C=O) groups is 3. The third-order valence-electron chi connectivity index (χ3n) is 5.93. The van der Waals surface area contributed by atoms with Crippen molar-refractivity contribution in [3.8, 4) is 11.5 Å². The smallest absolute Gasteiger partial charge is 0.270 e. The molecule has 1 aliphatic rings. The predicted octanol–water partition coefficient (Wildman–Crippen LogP) is 1.59. The fourth-order valence-electron chi connectivity index (χ4n) is 4.00. The number of carbonyl (C=O) groups excluding carboxylic acids is 3. The molecule has 10 heteroatoms. The summed E-state index contributed by atoms with van der Waals surface area (Å²) in [5.74, 6) is -0.664. The lowest BCUT2D eigenvalue weighted by atomic mass is 9.93. The van der Waals surface area contributed by atoms with Gasteiger partial charge in [-0.15, -0.1) is 0 Å². The van der Waals surface area contributed by atoms with Crippen molar-refractivity contribution in [2.75, 3.05) is 25.9 Å². The number of phenolic OH excluding ortho intramolecular Hbond substituents is 1. The number of phenols is 1. The molecule has 2 heterocycles. The van der Waals surface area contributed by atoms with E-state index in [1.165, 1.54) is 31.5 Å². The molecule has 2 aromatic carbocycles. The van der Waals surface area contributed by atoms with Crippen LogP contribution in [0.4, 0.5) is 5.95 Å². The SMILES string of the molecule is COc1ccc(O)c(C(=O)c2ccc(C(=O)C[C@@H]3CNC[C@H]3NC(=O)c3ccnc(N)n3)cc2)c1. The Morgan fingerprint density at radius 3 is 2.57 bits per heavy atom. The van der Waals surface area contributed by atoms with Gasteiger partial charge in [0.15, 0.2) is 11.6 Å². The van der Waals surface area contributed by atoms with Crippen LogP contribution in [0.25, 0.3) is 0 Å². The van der Waals surface area contributed by atoms with Gasteiger partial charge in [0, 0.05) is 48.8 Å². The minimum atomic E-state index is -0.381. The van der Waals surface area contributed by atoms with Crippen molar-refractivity contribution in [2.24, 2.45) is 5.92 Å². The van der Waals surface area contributed by atoms with Gasteiger partial charge in [-0.3, -0.25) is 14.4 Å². The first-order valence-corrected chi connectivity index (χ1v) is 11.0. The highest BCUT2D eigenvalue weighted by Gasteiger charge is 2.31. The molecule has 0 bridgehead atoms. The van der Waals surface area contributed by atoms with Crippen LogP contribution in [-0.2, 0) is 0 Å². The number of Topliss-reactive ketones (excluding diaryl/α,β-unsaturated/α-hetero) is 1. The van der Waals surface area contributed by atoms with Crippen molar-refractivity contribution < 1.29 is 24.2 Å². The molecule has 0 aliphatic carbocycles. The number of nitrogens with one attached hydrogen (secondary N) is 2. The fraction of sp³-hybridized carbons (Fsp3) is 0.240. The molecule has 3 aromatic rings. The molecule has 1 amide bonds. The van der Waals surface area contributed by atoms with Crippen LogP contribution < -0.4 is 21.1 Å². The van der Waals surface area contributed by atoms with Crippen LogP contribution in [0.3, 0.4) is 0 Å². The second-order valence-corrected chi connectivity index (χ2v) is 8.22. The number of nitrogens with zero attached hydrogens (tertiary/aromatic N) is 2. The van der Waals surface area contributed by atoms with E-state index in [1.807, 2.05) is 0 Å². The molecule has 10 nitrogen and oxygen atoms in total. The van der Waals surface area contributed by atoms with Crippen molar-refractivity contribution in [3.63, 3.8) is 0 Å². The van der Waals surface area contributed by atoms with Gasteiger partial charge in [0.25, 0.3) is 5.91 Å². The lowest BCUT2D eigenvalue weighted by molar-refractivity contribution is 0.0899. The second kappa shape index (κ2) is 10.3. The van der Waals surface area contributed by atoms with E-state index in [1.54, 1.807) is 30.3 Å². The standard InChI is InChI=1S/C25H25N5O5/c1-35-17-6-7-21(31)18(11-17)23(33)15-4-2-14(3-5-15)22(32)10-16-12-27-13-20(16)29-24(34)19-8-9-28-25(26)30-19/h2-9,11,16,20,27,31H,10,12-13H2,1H3,(H,29,34)(H2,26,28,30)/t16-,20-/m1/s1.